The first-order valence-electron chi connectivity index (χ1n) is 11.1. The maximum Gasteiger partial charge on any atom is 0.251 e. The van der Waals surface area contributed by atoms with Crippen molar-refractivity contribution in [1.29, 1.82) is 0 Å². The summed E-state index contributed by atoms with van der Waals surface area (Å²) < 4.78 is 1.80. The van der Waals surface area contributed by atoms with Gasteiger partial charge in [-0.15, -0.1) is 10.2 Å². The van der Waals surface area contributed by atoms with Crippen LogP contribution in [0.4, 0.5) is 0 Å². The number of hydrogen-bond acceptors (Lipinski definition) is 4. The number of benzene rings is 1. The van der Waals surface area contributed by atoms with Crippen molar-refractivity contribution in [3.8, 4) is 17.5 Å². The Kier molecular flexibility index (Phi) is 7.01. The van der Waals surface area contributed by atoms with E-state index in [0.29, 0.717) is 18.0 Å². The SMILES string of the molecule is C=C1C=CN(CCCNC(=O)c2ccc(-n3cnnc3)c(C#CC3=CC=CC(C)C3)c2)C=C1. The number of hydrogen-bond donors (Lipinski definition) is 1. The molecule has 6 heteroatoms. The molecule has 33 heavy (non-hydrogen) atoms. The molecule has 1 amide bonds. The van der Waals surface area contributed by atoms with Crippen molar-refractivity contribution in [2.45, 2.75) is 19.8 Å². The summed E-state index contributed by atoms with van der Waals surface area (Å²) in [5.74, 6) is 6.91. The smallest absolute Gasteiger partial charge is 0.251 e. The standard InChI is InChI=1S/C27H27N5O/c1-21-11-15-31(16-12-21)14-4-13-28-27(33)25-9-10-26(32-19-29-30-20-32)24(18-25)8-7-23-6-3-5-22(2)17-23/h3,5-6,9-12,15-16,18-20,22H,1,4,13-14,17H2,2H3,(H,28,33). The topological polar surface area (TPSA) is 63.1 Å². The van der Waals surface area contributed by atoms with Crippen LogP contribution in [0.1, 0.15) is 35.7 Å². The van der Waals surface area contributed by atoms with Gasteiger partial charge < -0.3 is 10.2 Å². The Morgan fingerprint density at radius 3 is 2.76 bits per heavy atom. The van der Waals surface area contributed by atoms with E-state index in [4.69, 9.17) is 0 Å². The predicted octanol–water partition coefficient (Wildman–Crippen LogP) is 4.16. The molecule has 1 aliphatic heterocycles. The van der Waals surface area contributed by atoms with Crippen LogP contribution >= 0.6 is 0 Å². The molecular formula is C27H27N5O. The van der Waals surface area contributed by atoms with Crippen molar-refractivity contribution < 1.29 is 4.79 Å². The van der Waals surface area contributed by atoms with Crippen LogP contribution in [0.3, 0.4) is 0 Å². The van der Waals surface area contributed by atoms with Crippen LogP contribution in [-0.4, -0.2) is 38.7 Å². The van der Waals surface area contributed by atoms with E-state index in [1.54, 1.807) is 17.2 Å². The van der Waals surface area contributed by atoms with Crippen LogP contribution in [0.2, 0.25) is 0 Å². The fourth-order valence-electron chi connectivity index (χ4n) is 3.62. The van der Waals surface area contributed by atoms with Crippen molar-refractivity contribution in [3.05, 3.63) is 102 Å². The number of nitrogens with one attached hydrogen (secondary N) is 1. The molecule has 1 unspecified atom stereocenters. The van der Waals surface area contributed by atoms with Crippen molar-refractivity contribution in [3.63, 3.8) is 0 Å². The lowest BCUT2D eigenvalue weighted by molar-refractivity contribution is 0.0952. The van der Waals surface area contributed by atoms with E-state index in [9.17, 15) is 4.79 Å². The minimum atomic E-state index is -0.111. The lowest BCUT2D eigenvalue weighted by Crippen LogP contribution is -2.27. The van der Waals surface area contributed by atoms with Gasteiger partial charge in [-0.2, -0.15) is 0 Å². The zero-order chi connectivity index (χ0) is 23.0. The highest BCUT2D eigenvalue weighted by Gasteiger charge is 2.11. The molecule has 0 spiro atoms. The quantitative estimate of drug-likeness (QED) is 0.545. The van der Waals surface area contributed by atoms with Gasteiger partial charge in [0.05, 0.1) is 5.69 Å². The first-order chi connectivity index (χ1) is 16.1. The highest BCUT2D eigenvalue weighted by atomic mass is 16.1. The Bertz CT molecular complexity index is 1190. The van der Waals surface area contributed by atoms with Crippen molar-refractivity contribution in [2.24, 2.45) is 5.92 Å². The molecule has 6 nitrogen and oxygen atoms in total. The van der Waals surface area contributed by atoms with E-state index in [-0.39, 0.29) is 5.91 Å². The monoisotopic (exact) mass is 437 g/mol. The number of allylic oxidation sites excluding steroid dienone is 7. The zero-order valence-electron chi connectivity index (χ0n) is 18.7. The fraction of sp³-hybridized carbons (Fsp3) is 0.222. The molecule has 1 aliphatic carbocycles. The number of nitrogens with zero attached hydrogens (tertiary/aromatic N) is 4. The molecule has 1 atom stereocenters. The summed E-state index contributed by atoms with van der Waals surface area (Å²) in [5.41, 5.74) is 4.25. The Labute approximate surface area is 194 Å². The average molecular weight is 438 g/mol. The van der Waals surface area contributed by atoms with E-state index < -0.39 is 0 Å². The highest BCUT2D eigenvalue weighted by molar-refractivity contribution is 5.95. The van der Waals surface area contributed by atoms with E-state index in [0.717, 1.165) is 41.8 Å². The maximum atomic E-state index is 12.8. The molecule has 2 aliphatic rings. The first-order valence-corrected chi connectivity index (χ1v) is 11.1. The minimum Gasteiger partial charge on any atom is -0.354 e. The number of carbonyl (C=O) groups is 1. The molecular weight excluding hydrogens is 410 g/mol. The van der Waals surface area contributed by atoms with Gasteiger partial charge in [0, 0.05) is 42.2 Å². The summed E-state index contributed by atoms with van der Waals surface area (Å²) in [7, 11) is 0. The molecule has 2 aromatic rings. The third kappa shape index (κ3) is 5.98. The molecule has 0 bridgehead atoms. The third-order valence-corrected chi connectivity index (χ3v) is 5.43. The minimum absolute atomic E-state index is 0.111. The molecule has 1 aromatic heterocycles. The molecule has 2 heterocycles. The summed E-state index contributed by atoms with van der Waals surface area (Å²) in [6.45, 7) is 7.48. The van der Waals surface area contributed by atoms with Gasteiger partial charge in [-0.1, -0.05) is 43.6 Å². The van der Waals surface area contributed by atoms with Crippen molar-refractivity contribution >= 4 is 5.91 Å². The van der Waals surface area contributed by atoms with Crippen LogP contribution in [0.15, 0.2) is 91.4 Å². The van der Waals surface area contributed by atoms with Crippen LogP contribution in [0, 0.1) is 17.8 Å². The molecule has 166 valence electrons. The van der Waals surface area contributed by atoms with Gasteiger partial charge in [0.1, 0.15) is 12.7 Å². The number of carbonyl (C=O) groups excluding carboxylic acids is 1. The van der Waals surface area contributed by atoms with Gasteiger partial charge in [-0.25, -0.2) is 0 Å². The average Bonchev–Trinajstić information content (AvgIpc) is 3.36. The lowest BCUT2D eigenvalue weighted by atomic mass is 9.96. The maximum absolute atomic E-state index is 12.8. The molecule has 1 aromatic carbocycles. The van der Waals surface area contributed by atoms with Crippen LogP contribution < -0.4 is 5.32 Å². The first kappa shape index (κ1) is 22.1. The summed E-state index contributed by atoms with van der Waals surface area (Å²) in [4.78, 5) is 14.9. The zero-order valence-corrected chi connectivity index (χ0v) is 18.7. The molecule has 0 fully saturated rings. The summed E-state index contributed by atoms with van der Waals surface area (Å²) in [6, 6.07) is 5.53. The van der Waals surface area contributed by atoms with Gasteiger partial charge >= 0.3 is 0 Å². The van der Waals surface area contributed by atoms with Crippen LogP contribution in [-0.2, 0) is 0 Å². The normalized spacial score (nSPS) is 16.9. The van der Waals surface area contributed by atoms with Gasteiger partial charge in [0.15, 0.2) is 0 Å². The Hall–Kier alpha value is -4.11. The van der Waals surface area contributed by atoms with Crippen molar-refractivity contribution in [2.75, 3.05) is 13.1 Å². The van der Waals surface area contributed by atoms with Gasteiger partial charge in [0.2, 0.25) is 0 Å². The molecule has 1 N–H and O–H groups in total. The molecule has 4 rings (SSSR count). The van der Waals surface area contributed by atoms with Crippen LogP contribution in [0.5, 0.6) is 0 Å². The number of amides is 1. The second-order valence-electron chi connectivity index (χ2n) is 8.16. The fourth-order valence-corrected chi connectivity index (χ4v) is 3.62. The van der Waals surface area contributed by atoms with E-state index in [1.165, 1.54) is 0 Å². The number of rotatable bonds is 6. The Balaban J connectivity index is 1.44. The van der Waals surface area contributed by atoms with Crippen LogP contribution in [0.25, 0.3) is 5.69 Å². The second-order valence-corrected chi connectivity index (χ2v) is 8.16. The summed E-state index contributed by atoms with van der Waals surface area (Å²) >= 11 is 0. The van der Waals surface area contributed by atoms with Gasteiger partial charge in [-0.3, -0.25) is 9.36 Å². The van der Waals surface area contributed by atoms with Gasteiger partial charge in [0.25, 0.3) is 5.91 Å². The third-order valence-electron chi connectivity index (χ3n) is 5.43. The van der Waals surface area contributed by atoms with E-state index in [1.807, 2.05) is 48.8 Å². The van der Waals surface area contributed by atoms with Crippen molar-refractivity contribution in [1.82, 2.24) is 25.0 Å². The molecule has 0 saturated heterocycles. The summed E-state index contributed by atoms with van der Waals surface area (Å²) in [5, 5.41) is 10.8. The summed E-state index contributed by atoms with van der Waals surface area (Å²) in [6.07, 6.45) is 19.2. The largest absolute Gasteiger partial charge is 0.354 e. The predicted molar refractivity (Wildman–Crippen MR) is 130 cm³/mol. The van der Waals surface area contributed by atoms with Gasteiger partial charge in [-0.05, 0) is 54.7 Å². The molecule has 0 saturated carbocycles. The Morgan fingerprint density at radius 1 is 1.21 bits per heavy atom. The Morgan fingerprint density at radius 2 is 2.00 bits per heavy atom. The lowest BCUT2D eigenvalue weighted by Gasteiger charge is -2.18. The highest BCUT2D eigenvalue weighted by Crippen LogP contribution is 2.19. The second kappa shape index (κ2) is 10.5. The number of aromatic nitrogens is 3. The molecule has 0 radical (unpaired) electrons. The van der Waals surface area contributed by atoms with E-state index >= 15 is 0 Å². The van der Waals surface area contributed by atoms with E-state index in [2.05, 4.69) is 57.9 Å².